The lowest BCUT2D eigenvalue weighted by atomic mass is 10.1. The molecule has 2 aliphatic rings. The van der Waals surface area contributed by atoms with Gasteiger partial charge in [-0.3, -0.25) is 4.79 Å². The smallest absolute Gasteiger partial charge is 0.225 e. The van der Waals surface area contributed by atoms with Gasteiger partial charge in [-0.05, 0) is 43.2 Å². The van der Waals surface area contributed by atoms with Crippen molar-refractivity contribution in [1.29, 1.82) is 0 Å². The normalized spacial score (nSPS) is 24.9. The van der Waals surface area contributed by atoms with Gasteiger partial charge in [0.2, 0.25) is 11.7 Å². The van der Waals surface area contributed by atoms with Crippen molar-refractivity contribution in [3.05, 3.63) is 33.5 Å². The molecule has 0 spiro atoms. The zero-order valence-corrected chi connectivity index (χ0v) is 18.7. The van der Waals surface area contributed by atoms with Crippen molar-refractivity contribution in [1.82, 2.24) is 24.8 Å². The number of nitrogens with one attached hydrogen (secondary N) is 2. The van der Waals surface area contributed by atoms with E-state index in [4.69, 9.17) is 11.6 Å². The number of carbonyl (C=O) groups is 1. The molecule has 11 heteroatoms. The van der Waals surface area contributed by atoms with Crippen LogP contribution in [-0.2, 0) is 4.79 Å². The fourth-order valence-corrected chi connectivity index (χ4v) is 4.86. The first-order chi connectivity index (χ1) is 15.4. The summed E-state index contributed by atoms with van der Waals surface area (Å²) in [6, 6.07) is 3.40. The van der Waals surface area contributed by atoms with Crippen molar-refractivity contribution in [2.24, 2.45) is 5.92 Å². The molecule has 0 saturated heterocycles. The highest BCUT2D eigenvalue weighted by molar-refractivity contribution is 7.16. The number of hydrogen-bond donors (Lipinski definition) is 4. The number of hydrogen-bond acceptors (Lipinski definition) is 8. The van der Waals surface area contributed by atoms with E-state index in [2.05, 4.69) is 37.4 Å². The Morgan fingerprint density at radius 2 is 2.06 bits per heavy atom. The number of thiophene rings is 1. The Morgan fingerprint density at radius 3 is 2.75 bits per heavy atom. The molecule has 2 saturated carbocycles. The molecule has 3 aromatic rings. The van der Waals surface area contributed by atoms with Gasteiger partial charge in [0.05, 0.1) is 33.6 Å². The van der Waals surface area contributed by atoms with Gasteiger partial charge in [0, 0.05) is 13.1 Å². The average molecular weight is 473 g/mol. The van der Waals surface area contributed by atoms with Crippen LogP contribution in [0.5, 0.6) is 0 Å². The topological polar surface area (TPSA) is 125 Å². The zero-order chi connectivity index (χ0) is 22.4. The molecular weight excluding hydrogens is 452 g/mol. The second-order valence-corrected chi connectivity index (χ2v) is 9.71. The molecule has 2 aliphatic carbocycles. The molecule has 4 N–H and O–H groups in total. The highest BCUT2D eigenvalue weighted by Gasteiger charge is 2.46. The number of aliphatic hydroxyl groups excluding tert-OH is 2. The largest absolute Gasteiger partial charge is 0.390 e. The second kappa shape index (κ2) is 8.33. The summed E-state index contributed by atoms with van der Waals surface area (Å²) in [7, 11) is 1.51. The molecule has 166 valence electrons. The SMILES string of the molecule is CNC(=O)[C@H]1C[C@@H](n2cnc3c(NC4CC4)nc(C#Cc4ccc(Cl)s4)nc32)[C@H](O)[C@@H]1O. The molecular formula is C21H21ClN6O3S. The van der Waals surface area contributed by atoms with Crippen molar-refractivity contribution in [2.45, 2.75) is 43.6 Å². The summed E-state index contributed by atoms with van der Waals surface area (Å²) in [5, 5.41) is 27.0. The Labute approximate surface area is 192 Å². The lowest BCUT2D eigenvalue weighted by Gasteiger charge is -2.18. The number of halogens is 1. The summed E-state index contributed by atoms with van der Waals surface area (Å²) in [6.45, 7) is 0. The number of aromatic nitrogens is 4. The first-order valence-corrected chi connectivity index (χ1v) is 11.5. The number of amides is 1. The van der Waals surface area contributed by atoms with Crippen molar-refractivity contribution in [2.75, 3.05) is 12.4 Å². The van der Waals surface area contributed by atoms with Crippen LogP contribution in [0.2, 0.25) is 4.34 Å². The summed E-state index contributed by atoms with van der Waals surface area (Å²) in [5.41, 5.74) is 1.05. The van der Waals surface area contributed by atoms with E-state index >= 15 is 0 Å². The fraction of sp³-hybridized carbons (Fsp3) is 0.429. The number of nitrogens with zero attached hydrogens (tertiary/aromatic N) is 4. The Kier molecular flexibility index (Phi) is 5.51. The summed E-state index contributed by atoms with van der Waals surface area (Å²) in [6.07, 6.45) is 1.64. The van der Waals surface area contributed by atoms with Crippen molar-refractivity contribution in [3.63, 3.8) is 0 Å². The van der Waals surface area contributed by atoms with Crippen LogP contribution in [0.15, 0.2) is 18.5 Å². The molecule has 0 aromatic carbocycles. The van der Waals surface area contributed by atoms with E-state index in [0.29, 0.717) is 33.2 Å². The minimum atomic E-state index is -1.17. The lowest BCUT2D eigenvalue weighted by molar-refractivity contribution is -0.128. The summed E-state index contributed by atoms with van der Waals surface area (Å²) in [4.78, 5) is 26.6. The Balaban J connectivity index is 1.55. The monoisotopic (exact) mass is 472 g/mol. The lowest BCUT2D eigenvalue weighted by Crippen LogP contribution is -2.36. The van der Waals surface area contributed by atoms with Gasteiger partial charge in [-0.1, -0.05) is 11.6 Å². The van der Waals surface area contributed by atoms with Crippen molar-refractivity contribution < 1.29 is 15.0 Å². The molecule has 5 rings (SSSR count). The number of aliphatic hydroxyl groups is 2. The maximum Gasteiger partial charge on any atom is 0.225 e. The first-order valence-electron chi connectivity index (χ1n) is 10.3. The minimum absolute atomic E-state index is 0.261. The van der Waals surface area contributed by atoms with Crippen LogP contribution in [0.3, 0.4) is 0 Å². The predicted octanol–water partition coefficient (Wildman–Crippen LogP) is 1.54. The standard InChI is InChI=1S/C21H21ClN6O3S/c1-23-21(31)12-8-13(18(30)17(12)29)28-9-24-16-19(25-10-2-3-10)26-15(27-20(16)28)7-5-11-4-6-14(22)32-11/h4,6,9-10,12-13,17-18,29-30H,2-3,8H2,1H3,(H,23,31)(H,25,26,27)/t12-,13+,17+,18-/m0/s1. The Bertz CT molecular complexity index is 1240. The molecule has 3 heterocycles. The molecule has 2 fully saturated rings. The number of fused-ring (bicyclic) bond motifs is 1. The van der Waals surface area contributed by atoms with Crippen LogP contribution in [0.4, 0.5) is 5.82 Å². The van der Waals surface area contributed by atoms with E-state index < -0.39 is 24.2 Å². The molecule has 0 bridgehead atoms. The third-order valence-electron chi connectivity index (χ3n) is 5.80. The van der Waals surface area contributed by atoms with Crippen LogP contribution in [-0.4, -0.2) is 60.9 Å². The third-order valence-corrected chi connectivity index (χ3v) is 6.95. The van der Waals surface area contributed by atoms with Crippen LogP contribution >= 0.6 is 22.9 Å². The van der Waals surface area contributed by atoms with Gasteiger partial charge in [-0.2, -0.15) is 0 Å². The maximum atomic E-state index is 12.1. The number of anilines is 1. The van der Waals surface area contributed by atoms with E-state index in [1.807, 2.05) is 6.07 Å². The quantitative estimate of drug-likeness (QED) is 0.424. The molecule has 1 amide bonds. The van der Waals surface area contributed by atoms with Gasteiger partial charge < -0.3 is 25.4 Å². The Hall–Kier alpha value is -2.71. The van der Waals surface area contributed by atoms with Crippen LogP contribution in [0.25, 0.3) is 11.2 Å². The zero-order valence-electron chi connectivity index (χ0n) is 17.1. The molecule has 4 atom stereocenters. The second-order valence-electron chi connectivity index (χ2n) is 8.00. The predicted molar refractivity (Wildman–Crippen MR) is 121 cm³/mol. The molecule has 0 aliphatic heterocycles. The number of carbonyl (C=O) groups excluding carboxylic acids is 1. The molecule has 32 heavy (non-hydrogen) atoms. The van der Waals surface area contributed by atoms with Gasteiger partial charge in [0.25, 0.3) is 0 Å². The summed E-state index contributed by atoms with van der Waals surface area (Å²) in [5.74, 6) is 5.88. The van der Waals surface area contributed by atoms with Gasteiger partial charge in [-0.25, -0.2) is 15.0 Å². The third kappa shape index (κ3) is 3.93. The number of rotatable bonds is 4. The summed E-state index contributed by atoms with van der Waals surface area (Å²) >= 11 is 7.35. The van der Waals surface area contributed by atoms with Crippen molar-refractivity contribution >= 4 is 45.8 Å². The van der Waals surface area contributed by atoms with Crippen LogP contribution in [0, 0.1) is 17.8 Å². The van der Waals surface area contributed by atoms with E-state index in [-0.39, 0.29) is 12.3 Å². The molecule has 9 nitrogen and oxygen atoms in total. The van der Waals surface area contributed by atoms with Gasteiger partial charge in [0.1, 0.15) is 6.10 Å². The van der Waals surface area contributed by atoms with Gasteiger partial charge >= 0.3 is 0 Å². The van der Waals surface area contributed by atoms with E-state index in [1.54, 1.807) is 17.0 Å². The van der Waals surface area contributed by atoms with E-state index in [9.17, 15) is 15.0 Å². The molecule has 0 unspecified atom stereocenters. The molecule has 3 aromatic heterocycles. The van der Waals surface area contributed by atoms with Crippen LogP contribution in [0.1, 0.15) is 36.0 Å². The minimum Gasteiger partial charge on any atom is -0.390 e. The molecule has 0 radical (unpaired) electrons. The highest BCUT2D eigenvalue weighted by atomic mass is 35.5. The fourth-order valence-electron chi connectivity index (χ4n) is 3.97. The van der Waals surface area contributed by atoms with E-state index in [1.165, 1.54) is 18.4 Å². The van der Waals surface area contributed by atoms with Gasteiger partial charge in [-0.15, -0.1) is 11.3 Å². The van der Waals surface area contributed by atoms with Crippen LogP contribution < -0.4 is 10.6 Å². The summed E-state index contributed by atoms with van der Waals surface area (Å²) < 4.78 is 2.36. The average Bonchev–Trinajstić information content (AvgIpc) is 3.21. The van der Waals surface area contributed by atoms with Crippen molar-refractivity contribution in [3.8, 4) is 11.8 Å². The van der Waals surface area contributed by atoms with Gasteiger partial charge in [0.15, 0.2) is 17.0 Å². The highest BCUT2D eigenvalue weighted by Crippen LogP contribution is 2.38. The Morgan fingerprint density at radius 1 is 1.25 bits per heavy atom. The number of imidazole rings is 1. The van der Waals surface area contributed by atoms with E-state index in [0.717, 1.165) is 17.7 Å². The first kappa shape index (κ1) is 21.2. The maximum absolute atomic E-state index is 12.1.